The predicted octanol–water partition coefficient (Wildman–Crippen LogP) is 1.96. The lowest BCUT2D eigenvalue weighted by atomic mass is 10.1. The number of rotatable bonds is 7. The Morgan fingerprint density at radius 1 is 1.27 bits per heavy atom. The largest absolute Gasteiger partial charge is 0.393 e. The third-order valence-electron chi connectivity index (χ3n) is 1.61. The van der Waals surface area contributed by atoms with Gasteiger partial charge in [-0.1, -0.05) is 12.8 Å². The van der Waals surface area contributed by atoms with Crippen LogP contribution in [-0.4, -0.2) is 24.4 Å². The Morgan fingerprint density at radius 2 is 2.00 bits per heavy atom. The van der Waals surface area contributed by atoms with Gasteiger partial charge in [-0.25, -0.2) is 0 Å². The van der Waals surface area contributed by atoms with Crippen molar-refractivity contribution in [3.05, 3.63) is 0 Å². The Labute approximate surface area is 69.6 Å². The molecule has 68 valence electrons. The van der Waals surface area contributed by atoms with Crippen LogP contribution in [0.2, 0.25) is 0 Å². The van der Waals surface area contributed by atoms with Gasteiger partial charge in [0.2, 0.25) is 0 Å². The van der Waals surface area contributed by atoms with Gasteiger partial charge in [0.25, 0.3) is 0 Å². The molecule has 0 radical (unpaired) electrons. The van der Waals surface area contributed by atoms with Crippen molar-refractivity contribution in [2.45, 2.75) is 45.6 Å². The minimum atomic E-state index is -0.137. The second-order valence-electron chi connectivity index (χ2n) is 2.90. The summed E-state index contributed by atoms with van der Waals surface area (Å²) >= 11 is 0. The minimum absolute atomic E-state index is 0.137. The summed E-state index contributed by atoms with van der Waals surface area (Å²) in [6.45, 7) is 5.53. The molecule has 0 saturated heterocycles. The lowest BCUT2D eigenvalue weighted by molar-refractivity contribution is 0.139. The number of aliphatic hydroxyl groups is 1. The second-order valence-corrected chi connectivity index (χ2v) is 2.90. The summed E-state index contributed by atoms with van der Waals surface area (Å²) < 4.78 is 5.18. The second kappa shape index (κ2) is 8.02. The van der Waals surface area contributed by atoms with Gasteiger partial charge in [0, 0.05) is 13.2 Å². The molecule has 0 fully saturated rings. The molecule has 11 heavy (non-hydrogen) atoms. The molecule has 0 aliphatic rings. The zero-order valence-electron chi connectivity index (χ0n) is 7.68. The first kappa shape index (κ1) is 10.9. The van der Waals surface area contributed by atoms with Gasteiger partial charge in [-0.2, -0.15) is 0 Å². The van der Waals surface area contributed by atoms with Crippen LogP contribution in [-0.2, 0) is 4.74 Å². The van der Waals surface area contributed by atoms with E-state index in [0.29, 0.717) is 0 Å². The van der Waals surface area contributed by atoms with E-state index < -0.39 is 0 Å². The van der Waals surface area contributed by atoms with Gasteiger partial charge in [-0.3, -0.25) is 0 Å². The first-order valence-corrected chi connectivity index (χ1v) is 4.53. The Balaban J connectivity index is 2.80. The van der Waals surface area contributed by atoms with E-state index in [2.05, 4.69) is 0 Å². The molecule has 1 N–H and O–H groups in total. The van der Waals surface area contributed by atoms with Crippen molar-refractivity contribution in [2.24, 2.45) is 0 Å². The molecule has 0 amide bonds. The Kier molecular flexibility index (Phi) is 7.96. The molecule has 2 nitrogen and oxygen atoms in total. The van der Waals surface area contributed by atoms with Gasteiger partial charge in [0.15, 0.2) is 0 Å². The smallest absolute Gasteiger partial charge is 0.0512 e. The standard InChI is InChI=1S/C9H20O2/c1-3-11-8-6-4-5-7-9(2)10/h9-10H,3-8H2,1-2H3. The van der Waals surface area contributed by atoms with E-state index in [1.807, 2.05) is 13.8 Å². The summed E-state index contributed by atoms with van der Waals surface area (Å²) in [6.07, 6.45) is 4.20. The molecule has 0 bridgehead atoms. The van der Waals surface area contributed by atoms with Crippen LogP contribution in [0.5, 0.6) is 0 Å². The van der Waals surface area contributed by atoms with Gasteiger partial charge in [0.05, 0.1) is 6.10 Å². The fraction of sp³-hybridized carbons (Fsp3) is 1.00. The van der Waals surface area contributed by atoms with Gasteiger partial charge in [0.1, 0.15) is 0 Å². The normalized spacial score (nSPS) is 13.4. The molecule has 0 aromatic carbocycles. The fourth-order valence-electron chi connectivity index (χ4n) is 0.965. The molecule has 2 heteroatoms. The number of hydrogen-bond donors (Lipinski definition) is 1. The Morgan fingerprint density at radius 3 is 2.55 bits per heavy atom. The van der Waals surface area contributed by atoms with Crippen molar-refractivity contribution >= 4 is 0 Å². The maximum absolute atomic E-state index is 8.92. The number of aliphatic hydroxyl groups excluding tert-OH is 1. The highest BCUT2D eigenvalue weighted by molar-refractivity contribution is 4.47. The van der Waals surface area contributed by atoms with Crippen LogP contribution < -0.4 is 0 Å². The molecule has 1 atom stereocenters. The van der Waals surface area contributed by atoms with Crippen LogP contribution in [0.1, 0.15) is 39.5 Å². The molecule has 0 aliphatic carbocycles. The maximum atomic E-state index is 8.92. The maximum Gasteiger partial charge on any atom is 0.0512 e. The van der Waals surface area contributed by atoms with Crippen molar-refractivity contribution in [1.29, 1.82) is 0 Å². The van der Waals surface area contributed by atoms with Crippen molar-refractivity contribution in [3.8, 4) is 0 Å². The van der Waals surface area contributed by atoms with Gasteiger partial charge in [-0.15, -0.1) is 0 Å². The molecule has 0 aromatic heterocycles. The molecular formula is C9H20O2. The van der Waals surface area contributed by atoms with E-state index in [4.69, 9.17) is 9.84 Å². The molecule has 1 unspecified atom stereocenters. The molecule has 0 spiro atoms. The third kappa shape index (κ3) is 9.92. The molecule has 0 aliphatic heterocycles. The Hall–Kier alpha value is -0.0800. The van der Waals surface area contributed by atoms with Crippen molar-refractivity contribution in [2.75, 3.05) is 13.2 Å². The minimum Gasteiger partial charge on any atom is -0.393 e. The van der Waals surface area contributed by atoms with E-state index in [-0.39, 0.29) is 6.10 Å². The first-order valence-electron chi connectivity index (χ1n) is 4.53. The topological polar surface area (TPSA) is 29.5 Å². The van der Waals surface area contributed by atoms with Crippen LogP contribution >= 0.6 is 0 Å². The van der Waals surface area contributed by atoms with E-state index >= 15 is 0 Å². The van der Waals surface area contributed by atoms with E-state index in [1.54, 1.807) is 0 Å². The van der Waals surface area contributed by atoms with Crippen molar-refractivity contribution in [3.63, 3.8) is 0 Å². The molecule has 0 saturated carbocycles. The SMILES string of the molecule is CCOCCCCCC(C)O. The summed E-state index contributed by atoms with van der Waals surface area (Å²) in [5.41, 5.74) is 0. The molecule has 0 rings (SSSR count). The van der Waals surface area contributed by atoms with Crippen LogP contribution in [0.25, 0.3) is 0 Å². The van der Waals surface area contributed by atoms with Crippen LogP contribution in [0.4, 0.5) is 0 Å². The zero-order valence-corrected chi connectivity index (χ0v) is 7.68. The quantitative estimate of drug-likeness (QED) is 0.577. The first-order chi connectivity index (χ1) is 5.27. The number of ether oxygens (including phenoxy) is 1. The Bertz CT molecular complexity index is 72.0. The summed E-state index contributed by atoms with van der Waals surface area (Å²) in [5.74, 6) is 0. The summed E-state index contributed by atoms with van der Waals surface area (Å²) in [4.78, 5) is 0. The van der Waals surface area contributed by atoms with Crippen LogP contribution in [0.15, 0.2) is 0 Å². The summed E-state index contributed by atoms with van der Waals surface area (Å²) in [6, 6.07) is 0. The third-order valence-corrected chi connectivity index (χ3v) is 1.61. The highest BCUT2D eigenvalue weighted by Crippen LogP contribution is 2.02. The van der Waals surface area contributed by atoms with Gasteiger partial charge >= 0.3 is 0 Å². The fourth-order valence-corrected chi connectivity index (χ4v) is 0.965. The number of unbranched alkanes of at least 4 members (excludes halogenated alkanes) is 2. The van der Waals surface area contributed by atoms with Crippen LogP contribution in [0.3, 0.4) is 0 Å². The highest BCUT2D eigenvalue weighted by atomic mass is 16.5. The van der Waals surface area contributed by atoms with E-state index in [1.165, 1.54) is 6.42 Å². The molecule has 0 heterocycles. The van der Waals surface area contributed by atoms with Gasteiger partial charge < -0.3 is 9.84 Å². The average molecular weight is 160 g/mol. The van der Waals surface area contributed by atoms with Gasteiger partial charge in [-0.05, 0) is 26.7 Å². The lowest BCUT2D eigenvalue weighted by Gasteiger charge is -2.03. The molecule has 0 aromatic rings. The summed E-state index contributed by atoms with van der Waals surface area (Å²) in [7, 11) is 0. The summed E-state index contributed by atoms with van der Waals surface area (Å²) in [5, 5.41) is 8.92. The zero-order chi connectivity index (χ0) is 8.53. The predicted molar refractivity (Wildman–Crippen MR) is 46.6 cm³/mol. The van der Waals surface area contributed by atoms with Crippen LogP contribution in [0, 0.1) is 0 Å². The lowest BCUT2D eigenvalue weighted by Crippen LogP contribution is -1.99. The molecular weight excluding hydrogens is 140 g/mol. The van der Waals surface area contributed by atoms with Crippen molar-refractivity contribution < 1.29 is 9.84 Å². The number of hydrogen-bond acceptors (Lipinski definition) is 2. The van der Waals surface area contributed by atoms with Crippen molar-refractivity contribution in [1.82, 2.24) is 0 Å². The van der Waals surface area contributed by atoms with E-state index in [0.717, 1.165) is 32.5 Å². The highest BCUT2D eigenvalue weighted by Gasteiger charge is 1.94. The monoisotopic (exact) mass is 160 g/mol. The van der Waals surface area contributed by atoms with E-state index in [9.17, 15) is 0 Å². The average Bonchev–Trinajstić information content (AvgIpc) is 1.96.